The molecule has 31 heteroatoms. The molecule has 30 atom stereocenters. The van der Waals surface area contributed by atoms with Crippen molar-refractivity contribution >= 4 is 5.91 Å². The molecule has 0 bridgehead atoms. The van der Waals surface area contributed by atoms with Gasteiger partial charge in [-0.25, -0.2) is 0 Å². The van der Waals surface area contributed by atoms with Gasteiger partial charge in [0.15, 0.2) is 37.7 Å². The fourth-order valence-corrected chi connectivity index (χ4v) is 9.13. The van der Waals surface area contributed by atoms with Crippen LogP contribution in [-0.4, -0.2) is 317 Å². The van der Waals surface area contributed by atoms with Crippen molar-refractivity contribution in [3.05, 3.63) is 0 Å². The van der Waals surface area contributed by atoms with Gasteiger partial charge in [-0.05, 0) is 13.8 Å². The number of aliphatic hydroxyl groups excluding tert-OH is 17. The normalized spacial score (nSPS) is 50.9. The van der Waals surface area contributed by atoms with Gasteiger partial charge in [0.2, 0.25) is 5.91 Å². The Bertz CT molecular complexity index is 1640. The van der Waals surface area contributed by atoms with Gasteiger partial charge in [-0.15, -0.1) is 0 Å². The fourth-order valence-electron chi connectivity index (χ4n) is 9.13. The molecule has 0 saturated carbocycles. The van der Waals surface area contributed by atoms with Gasteiger partial charge < -0.3 is 149 Å². The minimum atomic E-state index is -2.20. The number of hydrogen-bond donors (Lipinski definition) is 18. The minimum absolute atomic E-state index is 0.0558. The quantitative estimate of drug-likeness (QED) is 0.0606. The van der Waals surface area contributed by atoms with E-state index in [-0.39, 0.29) is 6.61 Å². The molecule has 18 N–H and O–H groups in total. The Morgan fingerprint density at radius 2 is 0.775 bits per heavy atom. The molecule has 0 aromatic heterocycles. The SMILES string of the molecule is CCO[C@@H]1OC(CO)[C@@H](O[C@@H]2OC(CO)[C@H](O[C@H]3OC(CO)[C@H](O)[C@H](O[C@@H]4OC(CO)[C@H](O)[C@H](O[C@@H]5OC(CO)[C@H](O)[C@H](O)C5O[C@@H]5OC(C)[C@@H](O)[C@H](O)C5O)C4NC(C)=O)C3O)[C@H](O)C2O)[C@H](O)C1O. The van der Waals surface area contributed by atoms with E-state index in [2.05, 4.69) is 5.32 Å². The van der Waals surface area contributed by atoms with Crippen molar-refractivity contribution in [2.45, 2.75) is 205 Å². The maximum Gasteiger partial charge on any atom is 0.217 e. The summed E-state index contributed by atoms with van der Waals surface area (Å²) < 4.78 is 68.5. The summed E-state index contributed by atoms with van der Waals surface area (Å²) in [5, 5.41) is 185. The number of nitrogens with one attached hydrogen (secondary N) is 1. The molecule has 6 saturated heterocycles. The smallest absolute Gasteiger partial charge is 0.217 e. The van der Waals surface area contributed by atoms with E-state index in [0.717, 1.165) is 6.92 Å². The molecule has 6 rings (SSSR count). The van der Waals surface area contributed by atoms with Crippen LogP contribution in [-0.2, 0) is 61.6 Å². The molecule has 6 fully saturated rings. The zero-order valence-corrected chi connectivity index (χ0v) is 38.5. The molecule has 6 heterocycles. The van der Waals surface area contributed by atoms with Crippen LogP contribution in [0, 0.1) is 0 Å². The fraction of sp³-hybridized carbons (Fsp3) is 0.975. The van der Waals surface area contributed by atoms with Crippen molar-refractivity contribution in [3.8, 4) is 0 Å². The third-order valence-electron chi connectivity index (χ3n) is 13.1. The Morgan fingerprint density at radius 1 is 0.394 bits per heavy atom. The van der Waals surface area contributed by atoms with Gasteiger partial charge in [0.1, 0.15) is 140 Å². The summed E-state index contributed by atoms with van der Waals surface area (Å²) in [7, 11) is 0. The van der Waals surface area contributed by atoms with E-state index in [9.17, 15) is 91.6 Å². The Balaban J connectivity index is 1.23. The molecule has 71 heavy (non-hydrogen) atoms. The van der Waals surface area contributed by atoms with Crippen LogP contribution in [0.4, 0.5) is 0 Å². The van der Waals surface area contributed by atoms with E-state index in [0.29, 0.717) is 0 Å². The van der Waals surface area contributed by atoms with Crippen LogP contribution in [0.15, 0.2) is 0 Å². The van der Waals surface area contributed by atoms with Crippen molar-refractivity contribution in [2.24, 2.45) is 0 Å². The highest BCUT2D eigenvalue weighted by molar-refractivity contribution is 5.73. The first-order valence-corrected chi connectivity index (χ1v) is 23.0. The molecular weight excluding hydrogens is 974 g/mol. The predicted octanol–water partition coefficient (Wildman–Crippen LogP) is -11.9. The standard InChI is InChI=1S/C40H69NO30/c1-4-60-36-27(57)24(54)30(15(8-45)65-36)67-38-28(58)25(55)31(16(9-46)66-38)68-39-29(59)33(21(51)14(7-44)63-39)70-35-17(41-11(3)47)32(20(50)13(6-43)62-35)69-40-34(23(53)19(49)12(5-42)64-40)71-37-26(56)22(52)18(48)10(2)61-37/h10,12-40,42-46,48-59H,4-9H2,1-3H3,(H,41,47)/t10?,12?,13?,14?,15?,16?,17?,18-,19+,20+,21+,22+,23+,24-,25-,26?,27?,28?,29?,30-,31+,32-,33+,34?,35+,36-,37+,38+,39-,40+/m1/s1. The summed E-state index contributed by atoms with van der Waals surface area (Å²) in [6.07, 6.45) is -52.9. The summed E-state index contributed by atoms with van der Waals surface area (Å²) in [5.74, 6) is -0.857. The zero-order chi connectivity index (χ0) is 52.3. The van der Waals surface area contributed by atoms with Crippen molar-refractivity contribution in [1.29, 1.82) is 0 Å². The summed E-state index contributed by atoms with van der Waals surface area (Å²) in [4.78, 5) is 12.8. The first-order valence-electron chi connectivity index (χ1n) is 23.0. The Hall–Kier alpha value is -1.69. The monoisotopic (exact) mass is 1040 g/mol. The Kier molecular flexibility index (Phi) is 21.0. The number of aliphatic hydroxyl groups is 17. The average molecular weight is 1040 g/mol. The lowest BCUT2D eigenvalue weighted by Gasteiger charge is -2.51. The highest BCUT2D eigenvalue weighted by atomic mass is 16.8. The van der Waals surface area contributed by atoms with Crippen LogP contribution in [0.3, 0.4) is 0 Å². The van der Waals surface area contributed by atoms with Gasteiger partial charge in [-0.3, -0.25) is 4.79 Å². The van der Waals surface area contributed by atoms with Gasteiger partial charge in [0, 0.05) is 13.5 Å². The van der Waals surface area contributed by atoms with E-state index in [1.54, 1.807) is 6.92 Å². The second-order valence-electron chi connectivity index (χ2n) is 17.9. The first kappa shape index (κ1) is 58.6. The number of amides is 1. The van der Waals surface area contributed by atoms with Crippen LogP contribution in [0.25, 0.3) is 0 Å². The lowest BCUT2D eigenvalue weighted by molar-refractivity contribution is -0.393. The summed E-state index contributed by atoms with van der Waals surface area (Å²) in [5.41, 5.74) is 0. The molecule has 12 unspecified atom stereocenters. The zero-order valence-electron chi connectivity index (χ0n) is 38.5. The van der Waals surface area contributed by atoms with E-state index >= 15 is 0 Å². The van der Waals surface area contributed by atoms with E-state index < -0.39 is 223 Å². The molecule has 1 amide bonds. The van der Waals surface area contributed by atoms with Gasteiger partial charge in [-0.1, -0.05) is 0 Å². The molecule has 414 valence electrons. The molecule has 0 aromatic carbocycles. The van der Waals surface area contributed by atoms with E-state index in [1.807, 2.05) is 0 Å². The van der Waals surface area contributed by atoms with Crippen molar-refractivity contribution in [1.82, 2.24) is 5.32 Å². The van der Waals surface area contributed by atoms with Crippen molar-refractivity contribution < 1.29 is 148 Å². The summed E-state index contributed by atoms with van der Waals surface area (Å²) >= 11 is 0. The van der Waals surface area contributed by atoms with Crippen LogP contribution >= 0.6 is 0 Å². The average Bonchev–Trinajstić information content (AvgIpc) is 3.34. The highest BCUT2D eigenvalue weighted by Crippen LogP contribution is 2.37. The third kappa shape index (κ3) is 12.5. The third-order valence-corrected chi connectivity index (χ3v) is 13.1. The van der Waals surface area contributed by atoms with E-state index in [1.165, 1.54) is 6.92 Å². The van der Waals surface area contributed by atoms with Crippen LogP contribution in [0.2, 0.25) is 0 Å². The first-order chi connectivity index (χ1) is 33.7. The maximum absolute atomic E-state index is 12.8. The molecule has 31 nitrogen and oxygen atoms in total. The van der Waals surface area contributed by atoms with Gasteiger partial charge in [-0.2, -0.15) is 0 Å². The number of carbonyl (C=O) groups excluding carboxylic acids is 1. The number of hydrogen-bond acceptors (Lipinski definition) is 30. The molecule has 6 aliphatic rings. The van der Waals surface area contributed by atoms with Crippen molar-refractivity contribution in [3.63, 3.8) is 0 Å². The van der Waals surface area contributed by atoms with Gasteiger partial charge in [0.05, 0.1) is 39.1 Å². The second kappa shape index (κ2) is 25.4. The molecular formula is C40H69NO30. The molecule has 6 aliphatic heterocycles. The summed E-state index contributed by atoms with van der Waals surface area (Å²) in [6, 6.07) is -1.78. The molecule has 0 radical (unpaired) electrons. The Morgan fingerprint density at radius 3 is 1.31 bits per heavy atom. The molecule has 0 spiro atoms. The van der Waals surface area contributed by atoms with Crippen LogP contribution in [0.1, 0.15) is 20.8 Å². The lowest BCUT2D eigenvalue weighted by Crippen LogP contribution is -2.70. The summed E-state index contributed by atoms with van der Waals surface area (Å²) in [6.45, 7) is -0.770. The van der Waals surface area contributed by atoms with Crippen LogP contribution in [0.5, 0.6) is 0 Å². The minimum Gasteiger partial charge on any atom is -0.394 e. The number of ether oxygens (including phenoxy) is 12. The largest absolute Gasteiger partial charge is 0.394 e. The van der Waals surface area contributed by atoms with Gasteiger partial charge >= 0.3 is 0 Å². The van der Waals surface area contributed by atoms with Crippen LogP contribution < -0.4 is 5.32 Å². The maximum atomic E-state index is 12.8. The Labute approximate surface area is 404 Å². The lowest BCUT2D eigenvalue weighted by atomic mass is 9.94. The topological polar surface area (TPSA) is 484 Å². The van der Waals surface area contributed by atoms with E-state index in [4.69, 9.17) is 56.8 Å². The second-order valence-corrected chi connectivity index (χ2v) is 17.9. The molecule has 0 aromatic rings. The van der Waals surface area contributed by atoms with Crippen molar-refractivity contribution in [2.75, 3.05) is 39.6 Å². The highest BCUT2D eigenvalue weighted by Gasteiger charge is 2.58. The van der Waals surface area contributed by atoms with Gasteiger partial charge in [0.25, 0.3) is 0 Å². The predicted molar refractivity (Wildman–Crippen MR) is 219 cm³/mol. The number of carbonyl (C=O) groups is 1. The number of rotatable bonds is 18. The molecule has 0 aliphatic carbocycles.